The molecule has 0 atom stereocenters. The minimum atomic E-state index is -0.557. The fourth-order valence-electron chi connectivity index (χ4n) is 1.98. The first kappa shape index (κ1) is 15.5. The van der Waals surface area contributed by atoms with E-state index in [9.17, 15) is 9.90 Å². The molecule has 2 N–H and O–H groups in total. The lowest BCUT2D eigenvalue weighted by Gasteiger charge is -2.12. The van der Waals surface area contributed by atoms with Crippen LogP contribution in [0.25, 0.3) is 11.0 Å². The van der Waals surface area contributed by atoms with E-state index in [0.717, 1.165) is 0 Å². The van der Waals surface area contributed by atoms with Gasteiger partial charge in [0.1, 0.15) is 0 Å². The van der Waals surface area contributed by atoms with E-state index in [1.54, 1.807) is 18.2 Å². The first-order valence-corrected chi connectivity index (χ1v) is 7.23. The Labute approximate surface area is 140 Å². The molecule has 0 spiro atoms. The Morgan fingerprint density at radius 1 is 1.17 bits per heavy atom. The molecule has 0 saturated carbocycles. The van der Waals surface area contributed by atoms with Crippen LogP contribution in [-0.4, -0.2) is 16.8 Å². The molecule has 0 aliphatic rings. The minimum Gasteiger partial charge on any atom is -0.502 e. The first-order chi connectivity index (χ1) is 11.1. The summed E-state index contributed by atoms with van der Waals surface area (Å²) in [5.74, 6) is -0.102. The van der Waals surface area contributed by atoms with Crippen LogP contribution in [0.4, 0.5) is 5.69 Å². The molecule has 0 aliphatic carbocycles. The van der Waals surface area contributed by atoms with Gasteiger partial charge in [-0.25, -0.2) is 4.79 Å². The van der Waals surface area contributed by atoms with Crippen molar-refractivity contribution in [3.8, 4) is 11.5 Å². The number of phenols is 1. The SMILES string of the molecule is O=c1ccc2ccc(OCNc3c(Cl)cncc3Cl)c(O)c2o1. The summed E-state index contributed by atoms with van der Waals surface area (Å²) in [6.45, 7) is -0.0143. The second-order valence-corrected chi connectivity index (χ2v) is 5.34. The molecule has 3 aromatic rings. The number of benzene rings is 1. The highest BCUT2D eigenvalue weighted by Crippen LogP contribution is 2.34. The molecule has 3 rings (SSSR count). The second-order valence-electron chi connectivity index (χ2n) is 4.53. The molecule has 6 nitrogen and oxygen atoms in total. The van der Waals surface area contributed by atoms with Crippen molar-refractivity contribution in [2.45, 2.75) is 0 Å². The number of anilines is 1. The van der Waals surface area contributed by atoms with Crippen LogP contribution in [0.15, 0.2) is 45.9 Å². The molecule has 0 unspecified atom stereocenters. The van der Waals surface area contributed by atoms with Gasteiger partial charge in [0.15, 0.2) is 18.1 Å². The van der Waals surface area contributed by atoms with Gasteiger partial charge in [0.25, 0.3) is 0 Å². The van der Waals surface area contributed by atoms with Crippen molar-refractivity contribution < 1.29 is 14.3 Å². The molecule has 0 saturated heterocycles. The predicted octanol–water partition coefficient (Wildman–Crippen LogP) is 3.65. The molecular weight excluding hydrogens is 343 g/mol. The minimum absolute atomic E-state index is 0.0143. The molecule has 0 radical (unpaired) electrons. The fraction of sp³-hybridized carbons (Fsp3) is 0.0667. The highest BCUT2D eigenvalue weighted by molar-refractivity contribution is 6.38. The average Bonchev–Trinajstić information content (AvgIpc) is 2.53. The number of fused-ring (bicyclic) bond motifs is 1. The van der Waals surface area contributed by atoms with E-state index in [4.69, 9.17) is 32.4 Å². The summed E-state index contributed by atoms with van der Waals surface area (Å²) in [6.07, 6.45) is 2.88. The number of aromatic hydroxyl groups is 1. The maximum absolute atomic E-state index is 11.3. The number of hydrogen-bond acceptors (Lipinski definition) is 6. The molecule has 0 amide bonds. The summed E-state index contributed by atoms with van der Waals surface area (Å²) >= 11 is 11.9. The summed E-state index contributed by atoms with van der Waals surface area (Å²) < 4.78 is 10.4. The average molecular weight is 353 g/mol. The van der Waals surface area contributed by atoms with Gasteiger partial charge in [-0.3, -0.25) is 4.98 Å². The zero-order valence-corrected chi connectivity index (χ0v) is 13.1. The Hall–Kier alpha value is -2.44. The fourth-order valence-corrected chi connectivity index (χ4v) is 2.48. The first-order valence-electron chi connectivity index (χ1n) is 6.48. The molecular formula is C15H10Cl2N2O4. The summed E-state index contributed by atoms with van der Waals surface area (Å²) in [5, 5.41) is 14.3. The van der Waals surface area contributed by atoms with Crippen LogP contribution in [-0.2, 0) is 0 Å². The predicted molar refractivity (Wildman–Crippen MR) is 87.5 cm³/mol. The zero-order chi connectivity index (χ0) is 16.4. The molecule has 0 fully saturated rings. The lowest BCUT2D eigenvalue weighted by Crippen LogP contribution is -2.10. The molecule has 8 heteroatoms. The van der Waals surface area contributed by atoms with Gasteiger partial charge in [0.05, 0.1) is 15.7 Å². The quantitative estimate of drug-likeness (QED) is 0.550. The topological polar surface area (TPSA) is 84.6 Å². The molecule has 0 aliphatic heterocycles. The number of phenolic OH excluding ortho intramolecular Hbond substituents is 1. The van der Waals surface area contributed by atoms with E-state index in [-0.39, 0.29) is 23.8 Å². The van der Waals surface area contributed by atoms with Crippen LogP contribution >= 0.6 is 23.2 Å². The van der Waals surface area contributed by atoms with Crippen LogP contribution in [0.2, 0.25) is 10.0 Å². The van der Waals surface area contributed by atoms with Gasteiger partial charge < -0.3 is 19.6 Å². The maximum Gasteiger partial charge on any atom is 0.336 e. The van der Waals surface area contributed by atoms with Crippen LogP contribution in [0.1, 0.15) is 0 Å². The Bertz CT molecular complexity index is 907. The van der Waals surface area contributed by atoms with Gasteiger partial charge in [-0.1, -0.05) is 23.2 Å². The number of nitrogens with one attached hydrogen (secondary N) is 1. The van der Waals surface area contributed by atoms with Crippen molar-refractivity contribution in [3.63, 3.8) is 0 Å². The lowest BCUT2D eigenvalue weighted by molar-refractivity contribution is 0.322. The molecule has 2 aromatic heterocycles. The van der Waals surface area contributed by atoms with Crippen molar-refractivity contribution in [2.24, 2.45) is 0 Å². The van der Waals surface area contributed by atoms with Gasteiger partial charge in [-0.15, -0.1) is 0 Å². The van der Waals surface area contributed by atoms with E-state index in [2.05, 4.69) is 10.3 Å². The van der Waals surface area contributed by atoms with Gasteiger partial charge in [0.2, 0.25) is 5.75 Å². The van der Waals surface area contributed by atoms with Crippen LogP contribution in [0.5, 0.6) is 11.5 Å². The van der Waals surface area contributed by atoms with E-state index in [0.29, 0.717) is 21.1 Å². The molecule has 2 heterocycles. The van der Waals surface area contributed by atoms with Gasteiger partial charge in [0, 0.05) is 23.8 Å². The van der Waals surface area contributed by atoms with Crippen LogP contribution < -0.4 is 15.7 Å². The van der Waals surface area contributed by atoms with E-state index < -0.39 is 5.63 Å². The normalized spacial score (nSPS) is 10.7. The third-order valence-electron chi connectivity index (χ3n) is 3.06. The third kappa shape index (κ3) is 3.18. The Balaban J connectivity index is 1.80. The van der Waals surface area contributed by atoms with Crippen molar-refractivity contribution >= 4 is 39.9 Å². The number of rotatable bonds is 4. The second kappa shape index (κ2) is 6.36. The van der Waals surface area contributed by atoms with E-state index in [1.165, 1.54) is 18.5 Å². The van der Waals surface area contributed by atoms with E-state index >= 15 is 0 Å². The Morgan fingerprint density at radius 3 is 2.61 bits per heavy atom. The van der Waals surface area contributed by atoms with E-state index in [1.807, 2.05) is 0 Å². The summed E-state index contributed by atoms with van der Waals surface area (Å²) in [5.41, 5.74) is -0.0245. The summed E-state index contributed by atoms with van der Waals surface area (Å²) in [6, 6.07) is 6.06. The van der Waals surface area contributed by atoms with Crippen LogP contribution in [0.3, 0.4) is 0 Å². The Morgan fingerprint density at radius 2 is 1.87 bits per heavy atom. The smallest absolute Gasteiger partial charge is 0.336 e. The van der Waals surface area contributed by atoms with Crippen molar-refractivity contribution in [1.82, 2.24) is 4.98 Å². The molecule has 23 heavy (non-hydrogen) atoms. The Kier molecular flexibility index (Phi) is 4.27. The van der Waals surface area contributed by atoms with Gasteiger partial charge >= 0.3 is 5.63 Å². The van der Waals surface area contributed by atoms with Gasteiger partial charge in [-0.05, 0) is 18.2 Å². The maximum atomic E-state index is 11.3. The summed E-state index contributed by atoms with van der Waals surface area (Å²) in [4.78, 5) is 15.1. The number of nitrogens with zero attached hydrogens (tertiary/aromatic N) is 1. The van der Waals surface area contributed by atoms with Gasteiger partial charge in [-0.2, -0.15) is 0 Å². The van der Waals surface area contributed by atoms with Crippen molar-refractivity contribution in [3.05, 3.63) is 57.1 Å². The lowest BCUT2D eigenvalue weighted by atomic mass is 10.2. The number of pyridine rings is 1. The number of hydrogen-bond donors (Lipinski definition) is 2. The zero-order valence-electron chi connectivity index (χ0n) is 11.5. The highest BCUT2D eigenvalue weighted by atomic mass is 35.5. The highest BCUT2D eigenvalue weighted by Gasteiger charge is 2.11. The standard InChI is InChI=1S/C15H10Cl2N2O4/c16-9-5-18-6-10(17)13(9)19-7-22-11-3-1-8-2-4-12(20)23-15(8)14(11)21/h1-6,21H,7H2,(H,18,19). The molecule has 118 valence electrons. The van der Waals surface area contributed by atoms with Crippen molar-refractivity contribution in [2.75, 3.05) is 12.0 Å². The number of ether oxygens (including phenoxy) is 1. The van der Waals surface area contributed by atoms with Crippen LogP contribution in [0, 0.1) is 0 Å². The molecule has 1 aromatic carbocycles. The van der Waals surface area contributed by atoms with Crippen molar-refractivity contribution in [1.29, 1.82) is 0 Å². The summed E-state index contributed by atoms with van der Waals surface area (Å²) in [7, 11) is 0. The molecule has 0 bridgehead atoms. The number of halogens is 2. The number of aromatic nitrogens is 1. The third-order valence-corrected chi connectivity index (χ3v) is 3.63. The monoisotopic (exact) mass is 352 g/mol. The largest absolute Gasteiger partial charge is 0.502 e.